The molecule has 1 nitrogen and oxygen atoms in total. The SMILES string of the molecule is CC1(C)c2ccccc2-c2ccc(-c3cc(-c4ccccc4)nc(-c4cccc5c4-c4ccc6ccccc6c4C5)c3)cc21. The molecule has 7 aromatic rings. The largest absolute Gasteiger partial charge is 0.248 e. The second-order valence-corrected chi connectivity index (χ2v) is 12.8. The molecule has 0 atom stereocenters. The molecule has 9 rings (SSSR count). The Balaban J connectivity index is 1.25. The van der Waals surface area contributed by atoms with Crippen molar-refractivity contribution in [2.75, 3.05) is 0 Å². The van der Waals surface area contributed by atoms with Gasteiger partial charge < -0.3 is 0 Å². The average molecular weight is 562 g/mol. The molecule has 0 bridgehead atoms. The summed E-state index contributed by atoms with van der Waals surface area (Å²) in [5, 5.41) is 2.65. The Morgan fingerprint density at radius 2 is 1.23 bits per heavy atom. The molecule has 1 aromatic heterocycles. The number of hydrogen-bond donors (Lipinski definition) is 0. The van der Waals surface area contributed by atoms with E-state index in [2.05, 4.69) is 153 Å². The average Bonchev–Trinajstić information content (AvgIpc) is 3.58. The van der Waals surface area contributed by atoms with Gasteiger partial charge in [-0.25, -0.2) is 4.98 Å². The van der Waals surface area contributed by atoms with Crippen molar-refractivity contribution in [3.05, 3.63) is 162 Å². The molecule has 0 radical (unpaired) electrons. The Hall–Kier alpha value is -5.27. The van der Waals surface area contributed by atoms with Crippen LogP contribution in [0.4, 0.5) is 0 Å². The zero-order valence-electron chi connectivity index (χ0n) is 24.9. The standard InChI is InChI=1S/C43H31N/c1-43(2)38-18-9-8-16-33(38)34-21-20-29(24-39(34)43)31-25-40(28-12-4-3-5-13-28)44-41(26-31)36-17-10-14-30-23-37-32-15-7-6-11-27(32)19-22-35(37)42(30)36/h3-22,24-26H,23H2,1-2H3. The minimum Gasteiger partial charge on any atom is -0.248 e. The molecule has 0 unspecified atom stereocenters. The number of nitrogens with zero attached hydrogens (tertiary/aromatic N) is 1. The monoisotopic (exact) mass is 561 g/mol. The summed E-state index contributed by atoms with van der Waals surface area (Å²) in [4.78, 5) is 5.35. The number of benzene rings is 6. The maximum atomic E-state index is 5.35. The normalized spacial score (nSPS) is 13.8. The van der Waals surface area contributed by atoms with Crippen LogP contribution in [-0.4, -0.2) is 4.98 Å². The smallest absolute Gasteiger partial charge is 0.0722 e. The van der Waals surface area contributed by atoms with Crippen molar-refractivity contribution in [3.63, 3.8) is 0 Å². The van der Waals surface area contributed by atoms with Gasteiger partial charge in [-0.3, -0.25) is 0 Å². The van der Waals surface area contributed by atoms with Crippen LogP contribution in [0.3, 0.4) is 0 Å². The highest BCUT2D eigenvalue weighted by molar-refractivity contribution is 5.99. The van der Waals surface area contributed by atoms with Crippen LogP contribution in [0.5, 0.6) is 0 Å². The Morgan fingerprint density at radius 3 is 2.14 bits per heavy atom. The minimum absolute atomic E-state index is 0.0488. The molecule has 0 N–H and O–H groups in total. The first-order valence-electron chi connectivity index (χ1n) is 15.5. The van der Waals surface area contributed by atoms with Crippen molar-refractivity contribution in [2.24, 2.45) is 0 Å². The van der Waals surface area contributed by atoms with E-state index in [1.807, 2.05) is 0 Å². The predicted molar refractivity (Wildman–Crippen MR) is 184 cm³/mol. The number of hydrogen-bond acceptors (Lipinski definition) is 1. The van der Waals surface area contributed by atoms with E-state index in [1.165, 1.54) is 72.0 Å². The van der Waals surface area contributed by atoms with Crippen molar-refractivity contribution >= 4 is 10.8 Å². The Morgan fingerprint density at radius 1 is 0.500 bits per heavy atom. The quantitative estimate of drug-likeness (QED) is 0.209. The van der Waals surface area contributed by atoms with E-state index < -0.39 is 0 Å². The lowest BCUT2D eigenvalue weighted by molar-refractivity contribution is 0.660. The van der Waals surface area contributed by atoms with E-state index >= 15 is 0 Å². The summed E-state index contributed by atoms with van der Waals surface area (Å²) in [5.74, 6) is 0. The maximum absolute atomic E-state index is 5.35. The van der Waals surface area contributed by atoms with E-state index in [-0.39, 0.29) is 5.41 Å². The lowest BCUT2D eigenvalue weighted by atomic mass is 9.81. The van der Waals surface area contributed by atoms with E-state index in [1.54, 1.807) is 0 Å². The first-order chi connectivity index (χ1) is 21.6. The zero-order chi connectivity index (χ0) is 29.4. The Bertz CT molecular complexity index is 2270. The lowest BCUT2D eigenvalue weighted by Gasteiger charge is -2.22. The molecule has 2 aliphatic rings. The van der Waals surface area contributed by atoms with Crippen LogP contribution >= 0.6 is 0 Å². The molecule has 0 amide bonds. The van der Waals surface area contributed by atoms with Gasteiger partial charge in [-0.2, -0.15) is 0 Å². The third-order valence-electron chi connectivity index (χ3n) is 9.92. The van der Waals surface area contributed by atoms with Gasteiger partial charge in [0.2, 0.25) is 0 Å². The second-order valence-electron chi connectivity index (χ2n) is 12.8. The fourth-order valence-corrected chi connectivity index (χ4v) is 7.71. The fourth-order valence-electron chi connectivity index (χ4n) is 7.71. The predicted octanol–water partition coefficient (Wildman–Crippen LogP) is 11.1. The van der Waals surface area contributed by atoms with Gasteiger partial charge in [0, 0.05) is 16.5 Å². The molecular weight excluding hydrogens is 530 g/mol. The van der Waals surface area contributed by atoms with Crippen LogP contribution in [-0.2, 0) is 11.8 Å². The summed E-state index contributed by atoms with van der Waals surface area (Å²) in [6, 6.07) is 51.1. The molecular formula is C43H31N. The van der Waals surface area contributed by atoms with E-state index in [0.717, 1.165) is 23.4 Å². The third kappa shape index (κ3) is 3.69. The maximum Gasteiger partial charge on any atom is 0.0722 e. The molecule has 0 saturated carbocycles. The van der Waals surface area contributed by atoms with Crippen LogP contribution in [0.15, 0.2) is 140 Å². The van der Waals surface area contributed by atoms with Crippen molar-refractivity contribution in [2.45, 2.75) is 25.7 Å². The Kier molecular flexibility index (Phi) is 5.37. The molecule has 2 aliphatic carbocycles. The molecule has 44 heavy (non-hydrogen) atoms. The van der Waals surface area contributed by atoms with Crippen LogP contribution in [0.2, 0.25) is 0 Å². The molecule has 0 fully saturated rings. The number of pyridine rings is 1. The van der Waals surface area contributed by atoms with Crippen molar-refractivity contribution in [3.8, 4) is 55.9 Å². The van der Waals surface area contributed by atoms with Gasteiger partial charge >= 0.3 is 0 Å². The highest BCUT2D eigenvalue weighted by atomic mass is 14.7. The highest BCUT2D eigenvalue weighted by Crippen LogP contribution is 2.50. The number of fused-ring (bicyclic) bond motifs is 8. The third-order valence-corrected chi connectivity index (χ3v) is 9.92. The Labute approximate surface area is 258 Å². The van der Waals surface area contributed by atoms with Gasteiger partial charge in [-0.05, 0) is 91.0 Å². The van der Waals surface area contributed by atoms with Crippen molar-refractivity contribution in [1.29, 1.82) is 0 Å². The van der Waals surface area contributed by atoms with Gasteiger partial charge in [-0.1, -0.05) is 135 Å². The molecule has 208 valence electrons. The second kappa shape index (κ2) is 9.36. The van der Waals surface area contributed by atoms with Gasteiger partial charge in [-0.15, -0.1) is 0 Å². The number of rotatable bonds is 3. The van der Waals surface area contributed by atoms with E-state index in [0.29, 0.717) is 0 Å². The zero-order valence-corrected chi connectivity index (χ0v) is 24.9. The fraction of sp³-hybridized carbons (Fsp3) is 0.0930. The minimum atomic E-state index is -0.0488. The molecule has 0 spiro atoms. The highest BCUT2D eigenvalue weighted by Gasteiger charge is 2.35. The summed E-state index contributed by atoms with van der Waals surface area (Å²) in [5.41, 5.74) is 17.6. The lowest BCUT2D eigenvalue weighted by Crippen LogP contribution is -2.14. The van der Waals surface area contributed by atoms with Crippen LogP contribution in [0, 0.1) is 0 Å². The molecule has 0 aliphatic heterocycles. The van der Waals surface area contributed by atoms with Crippen molar-refractivity contribution in [1.82, 2.24) is 4.98 Å². The van der Waals surface area contributed by atoms with Gasteiger partial charge in [0.25, 0.3) is 0 Å². The van der Waals surface area contributed by atoms with E-state index in [9.17, 15) is 0 Å². The number of aromatic nitrogens is 1. The molecule has 1 heteroatoms. The van der Waals surface area contributed by atoms with Crippen LogP contribution in [0.25, 0.3) is 66.7 Å². The van der Waals surface area contributed by atoms with E-state index in [4.69, 9.17) is 4.98 Å². The van der Waals surface area contributed by atoms with Gasteiger partial charge in [0.15, 0.2) is 0 Å². The van der Waals surface area contributed by atoms with Crippen LogP contribution < -0.4 is 0 Å². The summed E-state index contributed by atoms with van der Waals surface area (Å²) in [6.07, 6.45) is 0.950. The molecule has 1 heterocycles. The van der Waals surface area contributed by atoms with Gasteiger partial charge in [0.1, 0.15) is 0 Å². The van der Waals surface area contributed by atoms with Gasteiger partial charge in [0.05, 0.1) is 11.4 Å². The summed E-state index contributed by atoms with van der Waals surface area (Å²) < 4.78 is 0. The first-order valence-corrected chi connectivity index (χ1v) is 15.5. The summed E-state index contributed by atoms with van der Waals surface area (Å²) in [7, 11) is 0. The molecule has 6 aromatic carbocycles. The first kappa shape index (κ1) is 25.2. The summed E-state index contributed by atoms with van der Waals surface area (Å²) in [6.45, 7) is 4.70. The molecule has 0 saturated heterocycles. The van der Waals surface area contributed by atoms with Crippen molar-refractivity contribution < 1.29 is 0 Å². The van der Waals surface area contributed by atoms with Crippen LogP contribution in [0.1, 0.15) is 36.1 Å². The topological polar surface area (TPSA) is 12.9 Å². The summed E-state index contributed by atoms with van der Waals surface area (Å²) >= 11 is 0.